The van der Waals surface area contributed by atoms with Crippen LogP contribution in [-0.2, 0) is 0 Å². The van der Waals surface area contributed by atoms with Crippen LogP contribution in [0, 0.1) is 0 Å². The lowest BCUT2D eigenvalue weighted by Crippen LogP contribution is -2.54. The van der Waals surface area contributed by atoms with Crippen LogP contribution in [0.25, 0.3) is 0 Å². The van der Waals surface area contributed by atoms with Crippen LogP contribution in [0.3, 0.4) is 0 Å². The highest BCUT2D eigenvalue weighted by molar-refractivity contribution is 4.88. The number of nitrogens with one attached hydrogen (secondary N) is 1. The summed E-state index contributed by atoms with van der Waals surface area (Å²) in [7, 11) is 0. The second-order valence-corrected chi connectivity index (χ2v) is 3.57. The Balaban J connectivity index is 1.76. The normalized spacial score (nSPS) is 40.1. The monoisotopic (exact) mass is 156 g/mol. The van der Waals surface area contributed by atoms with Crippen molar-refractivity contribution in [3.63, 3.8) is 0 Å². The molecular weight excluding hydrogens is 140 g/mol. The lowest BCUT2D eigenvalue weighted by Gasteiger charge is -2.42. The lowest BCUT2D eigenvalue weighted by atomic mass is 9.88. The smallest absolute Gasteiger partial charge is 0.0570 e. The van der Waals surface area contributed by atoms with Crippen molar-refractivity contribution in [2.24, 2.45) is 0 Å². The minimum atomic E-state index is -0.00474. The zero-order chi connectivity index (χ0) is 7.68. The van der Waals surface area contributed by atoms with Gasteiger partial charge in [-0.25, -0.2) is 0 Å². The van der Waals surface area contributed by atoms with Gasteiger partial charge in [-0.3, -0.25) is 4.90 Å². The molecule has 0 atom stereocenters. The van der Waals surface area contributed by atoms with Gasteiger partial charge in [0.05, 0.1) is 6.10 Å². The van der Waals surface area contributed by atoms with Gasteiger partial charge in [-0.2, -0.15) is 0 Å². The topological polar surface area (TPSA) is 35.5 Å². The molecule has 2 aliphatic rings. The van der Waals surface area contributed by atoms with E-state index in [1.165, 1.54) is 0 Å². The molecule has 1 aliphatic carbocycles. The zero-order valence-electron chi connectivity index (χ0n) is 6.79. The molecule has 64 valence electrons. The van der Waals surface area contributed by atoms with Gasteiger partial charge in [0, 0.05) is 32.2 Å². The van der Waals surface area contributed by atoms with E-state index in [-0.39, 0.29) is 6.10 Å². The van der Waals surface area contributed by atoms with Crippen LogP contribution < -0.4 is 5.32 Å². The van der Waals surface area contributed by atoms with E-state index in [9.17, 15) is 0 Å². The van der Waals surface area contributed by atoms with Crippen molar-refractivity contribution < 1.29 is 5.11 Å². The number of aliphatic hydroxyl groups is 1. The van der Waals surface area contributed by atoms with E-state index in [2.05, 4.69) is 10.2 Å². The van der Waals surface area contributed by atoms with Gasteiger partial charge < -0.3 is 10.4 Å². The summed E-state index contributed by atoms with van der Waals surface area (Å²) in [6.45, 7) is 4.56. The molecule has 0 bridgehead atoms. The molecule has 0 aromatic rings. The highest BCUT2D eigenvalue weighted by atomic mass is 16.3. The van der Waals surface area contributed by atoms with Crippen LogP contribution >= 0.6 is 0 Å². The van der Waals surface area contributed by atoms with Gasteiger partial charge in [0.2, 0.25) is 0 Å². The summed E-state index contributed by atoms with van der Waals surface area (Å²) in [5, 5.41) is 12.4. The predicted octanol–water partition coefficient (Wildman–Crippen LogP) is -0.585. The summed E-state index contributed by atoms with van der Waals surface area (Å²) in [4.78, 5) is 2.49. The number of nitrogens with zero attached hydrogens (tertiary/aromatic N) is 1. The molecule has 11 heavy (non-hydrogen) atoms. The Bertz CT molecular complexity index is 128. The largest absolute Gasteiger partial charge is 0.393 e. The Kier molecular flexibility index (Phi) is 2.11. The average Bonchev–Trinajstić information content (AvgIpc) is 2.01. The Morgan fingerprint density at radius 3 is 2.36 bits per heavy atom. The number of rotatable bonds is 1. The van der Waals surface area contributed by atoms with Crippen LogP contribution in [0.2, 0.25) is 0 Å². The van der Waals surface area contributed by atoms with E-state index in [4.69, 9.17) is 5.11 Å². The van der Waals surface area contributed by atoms with Crippen LogP contribution in [0.1, 0.15) is 12.8 Å². The van der Waals surface area contributed by atoms with E-state index in [0.717, 1.165) is 39.0 Å². The molecule has 0 aromatic carbocycles. The van der Waals surface area contributed by atoms with Crippen molar-refractivity contribution in [3.8, 4) is 0 Å². The molecule has 2 N–H and O–H groups in total. The van der Waals surface area contributed by atoms with Gasteiger partial charge in [-0.05, 0) is 12.8 Å². The molecule has 0 aromatic heterocycles. The Morgan fingerprint density at radius 2 is 1.82 bits per heavy atom. The van der Waals surface area contributed by atoms with Gasteiger partial charge in [0.1, 0.15) is 0 Å². The fourth-order valence-electron chi connectivity index (χ4n) is 1.90. The maximum Gasteiger partial charge on any atom is 0.0570 e. The number of hydrogen-bond acceptors (Lipinski definition) is 3. The molecule has 3 heteroatoms. The van der Waals surface area contributed by atoms with Crippen LogP contribution in [0.4, 0.5) is 0 Å². The molecular formula is C8H16N2O. The van der Waals surface area contributed by atoms with Crippen molar-refractivity contribution in [1.29, 1.82) is 0 Å². The van der Waals surface area contributed by atoms with Crippen molar-refractivity contribution >= 4 is 0 Å². The standard InChI is InChI=1S/C8H16N2O/c11-8-5-7(6-8)10-3-1-9-2-4-10/h7-9,11H,1-6H2/t7-,8-. The average molecular weight is 156 g/mol. The quantitative estimate of drug-likeness (QED) is 0.533. The Morgan fingerprint density at radius 1 is 1.18 bits per heavy atom. The third-order valence-corrected chi connectivity index (χ3v) is 2.76. The molecule has 0 radical (unpaired) electrons. The molecule has 0 amide bonds. The van der Waals surface area contributed by atoms with Crippen molar-refractivity contribution in [2.45, 2.75) is 25.0 Å². The molecule has 0 unspecified atom stereocenters. The van der Waals surface area contributed by atoms with E-state index in [1.807, 2.05) is 0 Å². The summed E-state index contributed by atoms with van der Waals surface area (Å²) >= 11 is 0. The first-order valence-electron chi connectivity index (χ1n) is 4.49. The maximum absolute atomic E-state index is 9.11. The molecule has 1 saturated heterocycles. The third-order valence-electron chi connectivity index (χ3n) is 2.76. The van der Waals surface area contributed by atoms with E-state index in [1.54, 1.807) is 0 Å². The first kappa shape index (κ1) is 7.53. The number of hydrogen-bond donors (Lipinski definition) is 2. The first-order chi connectivity index (χ1) is 5.36. The molecule has 2 fully saturated rings. The molecule has 0 spiro atoms. The minimum absolute atomic E-state index is 0.00474. The fourth-order valence-corrected chi connectivity index (χ4v) is 1.90. The SMILES string of the molecule is O[C@H]1C[C@H](N2CCNCC2)C1. The summed E-state index contributed by atoms with van der Waals surface area (Å²) in [6.07, 6.45) is 2.00. The van der Waals surface area contributed by atoms with Gasteiger partial charge >= 0.3 is 0 Å². The molecule has 1 saturated carbocycles. The van der Waals surface area contributed by atoms with Crippen molar-refractivity contribution in [2.75, 3.05) is 26.2 Å². The zero-order valence-corrected chi connectivity index (χ0v) is 6.79. The maximum atomic E-state index is 9.11. The third kappa shape index (κ3) is 1.55. The second-order valence-electron chi connectivity index (χ2n) is 3.57. The highest BCUT2D eigenvalue weighted by Gasteiger charge is 2.32. The summed E-state index contributed by atoms with van der Waals surface area (Å²) in [6, 6.07) is 0.687. The Hall–Kier alpha value is -0.120. The van der Waals surface area contributed by atoms with Crippen LogP contribution in [-0.4, -0.2) is 48.3 Å². The van der Waals surface area contributed by atoms with Gasteiger partial charge in [-0.1, -0.05) is 0 Å². The lowest BCUT2D eigenvalue weighted by molar-refractivity contribution is -0.00272. The van der Waals surface area contributed by atoms with E-state index in [0.29, 0.717) is 6.04 Å². The van der Waals surface area contributed by atoms with Gasteiger partial charge in [0.15, 0.2) is 0 Å². The summed E-state index contributed by atoms with van der Waals surface area (Å²) in [5.41, 5.74) is 0. The molecule has 1 aliphatic heterocycles. The van der Waals surface area contributed by atoms with E-state index < -0.39 is 0 Å². The highest BCUT2D eigenvalue weighted by Crippen LogP contribution is 2.25. The predicted molar refractivity (Wildman–Crippen MR) is 43.5 cm³/mol. The molecule has 2 rings (SSSR count). The van der Waals surface area contributed by atoms with E-state index >= 15 is 0 Å². The fraction of sp³-hybridized carbons (Fsp3) is 1.00. The summed E-state index contributed by atoms with van der Waals surface area (Å²) in [5.74, 6) is 0. The molecule has 1 heterocycles. The second kappa shape index (κ2) is 3.09. The van der Waals surface area contributed by atoms with Gasteiger partial charge in [0.25, 0.3) is 0 Å². The summed E-state index contributed by atoms with van der Waals surface area (Å²) < 4.78 is 0. The molecule has 3 nitrogen and oxygen atoms in total. The van der Waals surface area contributed by atoms with Crippen LogP contribution in [0.15, 0.2) is 0 Å². The number of aliphatic hydroxyl groups excluding tert-OH is 1. The van der Waals surface area contributed by atoms with Gasteiger partial charge in [-0.15, -0.1) is 0 Å². The number of piperazine rings is 1. The Labute approximate surface area is 67.4 Å². The minimum Gasteiger partial charge on any atom is -0.393 e. The van der Waals surface area contributed by atoms with Crippen LogP contribution in [0.5, 0.6) is 0 Å². The van der Waals surface area contributed by atoms with Crippen molar-refractivity contribution in [1.82, 2.24) is 10.2 Å². The first-order valence-corrected chi connectivity index (χ1v) is 4.49. The van der Waals surface area contributed by atoms with Crippen molar-refractivity contribution in [3.05, 3.63) is 0 Å².